The van der Waals surface area contributed by atoms with Crippen LogP contribution in [-0.4, -0.2) is 49.1 Å². The second-order valence-electron chi connectivity index (χ2n) is 5.96. The first kappa shape index (κ1) is 16.7. The van der Waals surface area contributed by atoms with Crippen LogP contribution in [0, 0.1) is 5.92 Å². The lowest BCUT2D eigenvalue weighted by atomic mass is 9.86. The largest absolute Gasteiger partial charge is 0.352 e. The molecule has 19 heavy (non-hydrogen) atoms. The zero-order chi connectivity index (χ0) is 13.0. The van der Waals surface area contributed by atoms with Gasteiger partial charge in [0, 0.05) is 31.7 Å². The van der Waals surface area contributed by atoms with E-state index >= 15 is 0 Å². The van der Waals surface area contributed by atoms with Gasteiger partial charge in [0.1, 0.15) is 0 Å². The smallest absolute Gasteiger partial charge is 0.234 e. The molecule has 0 aromatic rings. The van der Waals surface area contributed by atoms with Crippen molar-refractivity contribution >= 4 is 18.3 Å². The minimum absolute atomic E-state index is 0. The van der Waals surface area contributed by atoms with Crippen LogP contribution in [0.1, 0.15) is 39.5 Å². The van der Waals surface area contributed by atoms with E-state index < -0.39 is 0 Å². The molecule has 4 nitrogen and oxygen atoms in total. The molecule has 1 saturated heterocycles. The molecule has 1 saturated carbocycles. The maximum absolute atomic E-state index is 12.1. The second-order valence-corrected chi connectivity index (χ2v) is 5.96. The van der Waals surface area contributed by atoms with Gasteiger partial charge in [0.2, 0.25) is 5.91 Å². The van der Waals surface area contributed by atoms with Crippen molar-refractivity contribution in [2.24, 2.45) is 5.92 Å². The molecule has 2 fully saturated rings. The van der Waals surface area contributed by atoms with E-state index in [2.05, 4.69) is 29.4 Å². The van der Waals surface area contributed by atoms with Crippen LogP contribution in [0.4, 0.5) is 0 Å². The van der Waals surface area contributed by atoms with Crippen LogP contribution in [0.3, 0.4) is 0 Å². The van der Waals surface area contributed by atoms with Gasteiger partial charge in [0.25, 0.3) is 0 Å². The van der Waals surface area contributed by atoms with E-state index in [0.29, 0.717) is 24.5 Å². The average Bonchev–Trinajstić information content (AvgIpc) is 2.35. The maximum atomic E-state index is 12.1. The zero-order valence-electron chi connectivity index (χ0n) is 12.2. The number of carbonyl (C=O) groups excluding carboxylic acids is 1. The van der Waals surface area contributed by atoms with Crippen molar-refractivity contribution in [3.63, 3.8) is 0 Å². The molecule has 3 unspecified atom stereocenters. The SMILES string of the molecule is CC1CCCCC1NC(=O)CN1CCNCC1C.Cl. The molecular formula is C14H28ClN3O. The molecule has 0 aromatic carbocycles. The standard InChI is InChI=1S/C14H27N3O.ClH/c1-11-5-3-4-6-13(11)16-14(18)10-17-8-7-15-9-12(17)2;/h11-13,15H,3-10H2,1-2H3,(H,16,18);1H. The van der Waals surface area contributed by atoms with Crippen LogP contribution in [0.25, 0.3) is 0 Å². The highest BCUT2D eigenvalue weighted by atomic mass is 35.5. The summed E-state index contributed by atoms with van der Waals surface area (Å²) in [5.41, 5.74) is 0. The van der Waals surface area contributed by atoms with Crippen molar-refractivity contribution in [2.45, 2.75) is 51.6 Å². The van der Waals surface area contributed by atoms with Crippen molar-refractivity contribution < 1.29 is 4.79 Å². The highest BCUT2D eigenvalue weighted by Gasteiger charge is 2.25. The molecule has 0 spiro atoms. The Hall–Kier alpha value is -0.320. The van der Waals surface area contributed by atoms with Crippen molar-refractivity contribution in [3.8, 4) is 0 Å². The average molecular weight is 290 g/mol. The van der Waals surface area contributed by atoms with E-state index in [9.17, 15) is 4.79 Å². The third-order valence-electron chi connectivity index (χ3n) is 4.44. The van der Waals surface area contributed by atoms with Gasteiger partial charge >= 0.3 is 0 Å². The summed E-state index contributed by atoms with van der Waals surface area (Å²) < 4.78 is 0. The van der Waals surface area contributed by atoms with Crippen LogP contribution in [0.2, 0.25) is 0 Å². The topological polar surface area (TPSA) is 44.4 Å². The van der Waals surface area contributed by atoms with Crippen molar-refractivity contribution in [2.75, 3.05) is 26.2 Å². The monoisotopic (exact) mass is 289 g/mol. The van der Waals surface area contributed by atoms with Gasteiger partial charge in [0.15, 0.2) is 0 Å². The summed E-state index contributed by atoms with van der Waals surface area (Å²) >= 11 is 0. The van der Waals surface area contributed by atoms with Gasteiger partial charge in [-0.25, -0.2) is 0 Å². The fourth-order valence-electron chi connectivity index (χ4n) is 3.09. The molecular weight excluding hydrogens is 262 g/mol. The quantitative estimate of drug-likeness (QED) is 0.825. The van der Waals surface area contributed by atoms with Crippen molar-refractivity contribution in [3.05, 3.63) is 0 Å². The summed E-state index contributed by atoms with van der Waals surface area (Å²) in [6.45, 7) is 7.98. The first-order valence-corrected chi connectivity index (χ1v) is 7.41. The highest BCUT2D eigenvalue weighted by molar-refractivity contribution is 5.85. The number of piperazine rings is 1. The Morgan fingerprint density at radius 2 is 2.05 bits per heavy atom. The predicted octanol–water partition coefficient (Wildman–Crippen LogP) is 1.40. The Morgan fingerprint density at radius 3 is 2.74 bits per heavy atom. The Kier molecular flexibility index (Phi) is 7.11. The molecule has 2 aliphatic rings. The number of nitrogens with one attached hydrogen (secondary N) is 2. The third kappa shape index (κ3) is 4.93. The summed E-state index contributed by atoms with van der Waals surface area (Å²) in [7, 11) is 0. The molecule has 1 heterocycles. The van der Waals surface area contributed by atoms with Crippen LogP contribution in [-0.2, 0) is 4.79 Å². The van der Waals surface area contributed by atoms with E-state index in [4.69, 9.17) is 0 Å². The summed E-state index contributed by atoms with van der Waals surface area (Å²) in [6.07, 6.45) is 5.00. The highest BCUT2D eigenvalue weighted by Crippen LogP contribution is 2.23. The van der Waals surface area contributed by atoms with Gasteiger partial charge in [-0.05, 0) is 25.7 Å². The summed E-state index contributed by atoms with van der Waals surface area (Å²) in [4.78, 5) is 14.4. The maximum Gasteiger partial charge on any atom is 0.234 e. The number of carbonyl (C=O) groups is 1. The number of nitrogens with zero attached hydrogens (tertiary/aromatic N) is 1. The Labute approximate surface area is 123 Å². The molecule has 0 aromatic heterocycles. The zero-order valence-corrected chi connectivity index (χ0v) is 13.0. The lowest BCUT2D eigenvalue weighted by molar-refractivity contribution is -0.124. The van der Waals surface area contributed by atoms with Crippen LogP contribution in [0.5, 0.6) is 0 Å². The second kappa shape index (κ2) is 8.08. The first-order chi connectivity index (χ1) is 8.66. The Bertz CT molecular complexity index is 262. The van der Waals surface area contributed by atoms with Crippen LogP contribution in [0.15, 0.2) is 0 Å². The van der Waals surface area contributed by atoms with Gasteiger partial charge < -0.3 is 10.6 Å². The van der Waals surface area contributed by atoms with E-state index in [1.807, 2.05) is 0 Å². The molecule has 1 amide bonds. The van der Waals surface area contributed by atoms with Gasteiger partial charge in [-0.1, -0.05) is 19.8 Å². The van der Waals surface area contributed by atoms with Gasteiger partial charge in [-0.15, -0.1) is 12.4 Å². The van der Waals surface area contributed by atoms with E-state index in [1.54, 1.807) is 0 Å². The lowest BCUT2D eigenvalue weighted by Crippen LogP contribution is -2.54. The Balaban J connectivity index is 0.00000180. The summed E-state index contributed by atoms with van der Waals surface area (Å²) in [6, 6.07) is 0.873. The van der Waals surface area contributed by atoms with Crippen LogP contribution >= 0.6 is 12.4 Å². The molecule has 0 radical (unpaired) electrons. The molecule has 1 aliphatic carbocycles. The summed E-state index contributed by atoms with van der Waals surface area (Å²) in [5, 5.41) is 6.59. The van der Waals surface area contributed by atoms with E-state index in [0.717, 1.165) is 26.1 Å². The third-order valence-corrected chi connectivity index (χ3v) is 4.44. The molecule has 0 bridgehead atoms. The van der Waals surface area contributed by atoms with Crippen LogP contribution < -0.4 is 10.6 Å². The summed E-state index contributed by atoms with van der Waals surface area (Å²) in [5.74, 6) is 0.852. The minimum atomic E-state index is 0. The molecule has 1 aliphatic heterocycles. The van der Waals surface area contributed by atoms with E-state index in [1.165, 1.54) is 19.3 Å². The fraction of sp³-hybridized carbons (Fsp3) is 0.929. The Morgan fingerprint density at radius 1 is 1.32 bits per heavy atom. The molecule has 112 valence electrons. The number of rotatable bonds is 3. The molecule has 5 heteroatoms. The lowest BCUT2D eigenvalue weighted by Gasteiger charge is -2.35. The van der Waals surface area contributed by atoms with E-state index in [-0.39, 0.29) is 18.3 Å². The van der Waals surface area contributed by atoms with Crippen molar-refractivity contribution in [1.29, 1.82) is 0 Å². The predicted molar refractivity (Wildman–Crippen MR) is 80.7 cm³/mol. The van der Waals surface area contributed by atoms with Gasteiger partial charge in [-0.3, -0.25) is 9.69 Å². The first-order valence-electron chi connectivity index (χ1n) is 7.41. The molecule has 2 N–H and O–H groups in total. The number of halogens is 1. The molecule has 3 atom stereocenters. The number of hydrogen-bond donors (Lipinski definition) is 2. The molecule has 2 rings (SSSR count). The van der Waals surface area contributed by atoms with Gasteiger partial charge in [0.05, 0.1) is 6.54 Å². The normalized spacial score (nSPS) is 32.4. The fourth-order valence-corrected chi connectivity index (χ4v) is 3.09. The minimum Gasteiger partial charge on any atom is -0.352 e. The van der Waals surface area contributed by atoms with Gasteiger partial charge in [-0.2, -0.15) is 0 Å². The number of hydrogen-bond acceptors (Lipinski definition) is 3. The number of amides is 1. The van der Waals surface area contributed by atoms with Crippen molar-refractivity contribution in [1.82, 2.24) is 15.5 Å².